The van der Waals surface area contributed by atoms with E-state index in [1.165, 1.54) is 11.1 Å². The predicted octanol–water partition coefficient (Wildman–Crippen LogP) is -2.52. The summed E-state index contributed by atoms with van der Waals surface area (Å²) in [5, 5.41) is 0. The molecule has 0 atom stereocenters. The number of hydrogen-bond acceptors (Lipinski definition) is 2. The van der Waals surface area contributed by atoms with Crippen LogP contribution in [0.5, 0.6) is 0 Å². The number of hydrogen-bond donors (Lipinski definition) is 0. The van der Waals surface area contributed by atoms with Gasteiger partial charge in [-0.05, 0) is 0 Å². The fourth-order valence-corrected chi connectivity index (χ4v) is 3.19. The van der Waals surface area contributed by atoms with E-state index in [2.05, 4.69) is 76.7 Å². The van der Waals surface area contributed by atoms with Crippen LogP contribution in [0.4, 0.5) is 0 Å². The van der Waals surface area contributed by atoms with Crippen LogP contribution in [-0.4, -0.2) is 62.8 Å². The molecule has 0 amide bonds. The van der Waals surface area contributed by atoms with Crippen LogP contribution in [0.15, 0.2) is 60.7 Å². The number of quaternary nitrogens is 2. The smallest absolute Gasteiger partial charge is 0.311 e. The summed E-state index contributed by atoms with van der Waals surface area (Å²) in [6.07, 6.45) is 0.450. The second kappa shape index (κ2) is 13.2. The topological polar surface area (TPSA) is 26.3 Å². The maximum absolute atomic E-state index is 12.1. The number of likely N-dealkylation sites (N-methyl/N-ethyl adjacent to an activating group) is 1. The van der Waals surface area contributed by atoms with Gasteiger partial charge in [-0.25, -0.2) is 0 Å². The van der Waals surface area contributed by atoms with Crippen LogP contribution in [0.3, 0.4) is 0 Å². The molecular formula is C23H34Br2N2O2. The molecule has 29 heavy (non-hydrogen) atoms. The Bertz CT molecular complexity index is 707. The lowest BCUT2D eigenvalue weighted by molar-refractivity contribution is -0.904. The van der Waals surface area contributed by atoms with Crippen LogP contribution in [0.2, 0.25) is 0 Å². The molecule has 0 N–H and O–H groups in total. The number of rotatable bonds is 10. The summed E-state index contributed by atoms with van der Waals surface area (Å²) in [6, 6.07) is 20.8. The van der Waals surface area contributed by atoms with Crippen molar-refractivity contribution in [1.82, 2.24) is 0 Å². The van der Waals surface area contributed by atoms with Gasteiger partial charge >= 0.3 is 5.97 Å². The average molecular weight is 530 g/mol. The summed E-state index contributed by atoms with van der Waals surface area (Å²) in [5.41, 5.74) is 2.59. The highest BCUT2D eigenvalue weighted by molar-refractivity contribution is 5.69. The second-order valence-corrected chi connectivity index (χ2v) is 8.58. The largest absolute Gasteiger partial charge is 1.00 e. The van der Waals surface area contributed by atoms with E-state index in [9.17, 15) is 4.79 Å². The van der Waals surface area contributed by atoms with Gasteiger partial charge in [-0.15, -0.1) is 0 Å². The lowest BCUT2D eigenvalue weighted by Crippen LogP contribution is -3.00. The first-order valence-electron chi connectivity index (χ1n) is 9.63. The molecule has 0 spiro atoms. The minimum Gasteiger partial charge on any atom is -1.00 e. The molecule has 0 saturated heterocycles. The Hall–Kier alpha value is -1.21. The molecule has 0 unspecified atom stereocenters. The number of carbonyl (C=O) groups is 1. The Morgan fingerprint density at radius 3 is 1.59 bits per heavy atom. The van der Waals surface area contributed by atoms with Gasteiger partial charge in [0, 0.05) is 11.1 Å². The van der Waals surface area contributed by atoms with E-state index in [1.54, 1.807) is 0 Å². The van der Waals surface area contributed by atoms with Gasteiger partial charge in [0.15, 0.2) is 0 Å². The summed E-state index contributed by atoms with van der Waals surface area (Å²) in [6.45, 7) is 3.89. The fraction of sp³-hybridized carbons (Fsp3) is 0.435. The normalized spacial score (nSPS) is 11.2. The van der Waals surface area contributed by atoms with E-state index in [-0.39, 0.29) is 39.9 Å². The van der Waals surface area contributed by atoms with E-state index in [1.807, 2.05) is 12.1 Å². The third kappa shape index (κ3) is 11.5. The number of ether oxygens (including phenoxy) is 1. The highest BCUT2D eigenvalue weighted by atomic mass is 79.9. The maximum Gasteiger partial charge on any atom is 0.311 e. The van der Waals surface area contributed by atoms with Crippen molar-refractivity contribution in [3.8, 4) is 0 Å². The molecule has 4 nitrogen and oxygen atoms in total. The molecule has 0 bridgehead atoms. The third-order valence-corrected chi connectivity index (χ3v) is 4.79. The van der Waals surface area contributed by atoms with Gasteiger partial charge in [-0.1, -0.05) is 60.7 Å². The number of nitrogens with zero attached hydrogens (tertiary/aromatic N) is 2. The summed E-state index contributed by atoms with van der Waals surface area (Å²) < 4.78 is 7.07. The van der Waals surface area contributed by atoms with E-state index >= 15 is 0 Å². The molecule has 6 heteroatoms. The van der Waals surface area contributed by atoms with Crippen molar-refractivity contribution in [3.63, 3.8) is 0 Å². The van der Waals surface area contributed by atoms with Crippen LogP contribution in [-0.2, 0) is 22.6 Å². The van der Waals surface area contributed by atoms with Crippen molar-refractivity contribution < 1.29 is 52.5 Å². The molecule has 0 saturated carbocycles. The van der Waals surface area contributed by atoms with Gasteiger partial charge in [0.2, 0.25) is 0 Å². The predicted molar refractivity (Wildman–Crippen MR) is 110 cm³/mol. The van der Waals surface area contributed by atoms with Crippen molar-refractivity contribution in [2.75, 3.05) is 47.9 Å². The van der Waals surface area contributed by atoms with E-state index < -0.39 is 0 Å². The summed E-state index contributed by atoms with van der Waals surface area (Å²) in [7, 11) is 8.64. The Balaban J connectivity index is 0.00000392. The Kier molecular flexibility index (Phi) is 12.6. The van der Waals surface area contributed by atoms with Crippen LogP contribution < -0.4 is 34.0 Å². The van der Waals surface area contributed by atoms with Crippen molar-refractivity contribution in [1.29, 1.82) is 0 Å². The van der Waals surface area contributed by atoms with Crippen LogP contribution in [0, 0.1) is 0 Å². The van der Waals surface area contributed by atoms with Crippen LogP contribution >= 0.6 is 0 Å². The van der Waals surface area contributed by atoms with Crippen molar-refractivity contribution in [2.24, 2.45) is 0 Å². The van der Waals surface area contributed by atoms with E-state index in [0.717, 1.165) is 35.1 Å². The SMILES string of the molecule is C[N+](C)(CCOC(=O)CC[N+](C)(C)Cc1ccccc1)Cc1ccccc1.[Br-].[Br-]. The lowest BCUT2D eigenvalue weighted by Gasteiger charge is -2.30. The average Bonchev–Trinajstić information content (AvgIpc) is 2.61. The molecule has 0 radical (unpaired) electrons. The molecule has 0 aliphatic heterocycles. The minimum atomic E-state index is -0.103. The number of esters is 1. The zero-order valence-corrected chi connectivity index (χ0v) is 21.2. The highest BCUT2D eigenvalue weighted by Gasteiger charge is 2.20. The first kappa shape index (κ1) is 27.8. The standard InChI is InChI=1S/C23H34N2O2.2BrH/c1-24(2,19-21-11-7-5-8-12-21)16-15-23(26)27-18-17-25(3,4)20-22-13-9-6-10-14-22;;/h5-14H,15-20H2,1-4H3;2*1H/q+2;;/p-2. The van der Waals surface area contributed by atoms with Gasteiger partial charge < -0.3 is 47.7 Å². The van der Waals surface area contributed by atoms with E-state index in [4.69, 9.17) is 4.74 Å². The first-order valence-corrected chi connectivity index (χ1v) is 9.63. The monoisotopic (exact) mass is 528 g/mol. The molecule has 0 aromatic heterocycles. The minimum absolute atomic E-state index is 0. The summed E-state index contributed by atoms with van der Waals surface area (Å²) >= 11 is 0. The zero-order chi connectivity index (χ0) is 19.8. The van der Waals surface area contributed by atoms with Gasteiger partial charge in [0.1, 0.15) is 26.2 Å². The zero-order valence-electron chi connectivity index (χ0n) is 18.0. The molecular weight excluding hydrogens is 496 g/mol. The van der Waals surface area contributed by atoms with Gasteiger partial charge in [-0.3, -0.25) is 4.79 Å². The Morgan fingerprint density at radius 2 is 1.14 bits per heavy atom. The molecule has 0 fully saturated rings. The van der Waals surface area contributed by atoms with Gasteiger partial charge in [0.05, 0.1) is 41.2 Å². The van der Waals surface area contributed by atoms with Crippen LogP contribution in [0.25, 0.3) is 0 Å². The lowest BCUT2D eigenvalue weighted by atomic mass is 10.2. The van der Waals surface area contributed by atoms with Crippen LogP contribution in [0.1, 0.15) is 17.5 Å². The fourth-order valence-electron chi connectivity index (χ4n) is 3.19. The summed E-state index contributed by atoms with van der Waals surface area (Å²) in [4.78, 5) is 12.1. The highest BCUT2D eigenvalue weighted by Crippen LogP contribution is 2.11. The molecule has 2 aromatic rings. The number of benzene rings is 2. The first-order chi connectivity index (χ1) is 12.8. The molecule has 0 heterocycles. The van der Waals surface area contributed by atoms with E-state index in [0.29, 0.717) is 13.0 Å². The van der Waals surface area contributed by atoms with Gasteiger partial charge in [-0.2, -0.15) is 0 Å². The molecule has 0 aliphatic carbocycles. The van der Waals surface area contributed by atoms with Crippen molar-refractivity contribution in [2.45, 2.75) is 19.5 Å². The molecule has 2 aromatic carbocycles. The Labute approximate surface area is 197 Å². The summed E-state index contributed by atoms with van der Waals surface area (Å²) in [5.74, 6) is -0.103. The second-order valence-electron chi connectivity index (χ2n) is 8.58. The number of carbonyl (C=O) groups excluding carboxylic acids is 1. The Morgan fingerprint density at radius 1 is 0.724 bits per heavy atom. The third-order valence-electron chi connectivity index (χ3n) is 4.79. The molecule has 0 aliphatic rings. The molecule has 2 rings (SSSR count). The van der Waals surface area contributed by atoms with Crippen molar-refractivity contribution in [3.05, 3.63) is 71.8 Å². The maximum atomic E-state index is 12.1. The molecule has 162 valence electrons. The van der Waals surface area contributed by atoms with Crippen molar-refractivity contribution >= 4 is 5.97 Å². The number of halogens is 2. The quantitative estimate of drug-likeness (QED) is 0.251. The van der Waals surface area contributed by atoms with Gasteiger partial charge in [0.25, 0.3) is 0 Å².